The highest BCUT2D eigenvalue weighted by Gasteiger charge is 2.32. The van der Waals surface area contributed by atoms with Gasteiger partial charge in [-0.25, -0.2) is 4.39 Å². The van der Waals surface area contributed by atoms with E-state index >= 15 is 0 Å². The fraction of sp³-hybridized carbons (Fsp3) is 0.562. The van der Waals surface area contributed by atoms with Crippen LogP contribution in [-0.4, -0.2) is 31.5 Å². The van der Waals surface area contributed by atoms with Crippen molar-refractivity contribution < 1.29 is 18.7 Å². The lowest BCUT2D eigenvalue weighted by Gasteiger charge is -2.26. The topological polar surface area (TPSA) is 47.6 Å². The number of nitrogens with one attached hydrogen (secondary N) is 1. The van der Waals surface area contributed by atoms with E-state index in [9.17, 15) is 9.18 Å². The number of carbonyl (C=O) groups excluding carboxylic acids is 1. The van der Waals surface area contributed by atoms with E-state index in [1.54, 1.807) is 12.1 Å². The first-order valence-electron chi connectivity index (χ1n) is 7.26. The summed E-state index contributed by atoms with van der Waals surface area (Å²) in [6, 6.07) is 5.97. The molecule has 1 saturated heterocycles. The largest absolute Gasteiger partial charge is 0.356 e. The smallest absolute Gasteiger partial charge is 0.224 e. The Hall–Kier alpha value is -1.46. The minimum atomic E-state index is -0.527. The average molecular weight is 295 g/mol. The molecule has 1 aliphatic heterocycles. The Morgan fingerprint density at radius 1 is 1.33 bits per heavy atom. The third-order valence-corrected chi connectivity index (χ3v) is 3.54. The average Bonchev–Trinajstić information content (AvgIpc) is 2.85. The summed E-state index contributed by atoms with van der Waals surface area (Å²) in [7, 11) is 0. The molecule has 1 aliphatic rings. The van der Waals surface area contributed by atoms with Crippen molar-refractivity contribution in [3.63, 3.8) is 0 Å². The Morgan fingerprint density at radius 3 is 2.57 bits per heavy atom. The summed E-state index contributed by atoms with van der Waals surface area (Å²) >= 11 is 0. The molecule has 1 atom stereocenters. The van der Waals surface area contributed by atoms with Crippen molar-refractivity contribution >= 4 is 5.91 Å². The molecule has 21 heavy (non-hydrogen) atoms. The molecule has 0 aliphatic carbocycles. The molecule has 1 amide bonds. The number of benzene rings is 1. The number of rotatable bonds is 6. The molecular formula is C16H22FNO3. The molecule has 1 heterocycles. The number of carbonyl (C=O) groups is 1. The molecule has 1 aromatic carbocycles. The summed E-state index contributed by atoms with van der Waals surface area (Å²) < 4.78 is 23.9. The zero-order chi connectivity index (χ0) is 15.3. The van der Waals surface area contributed by atoms with E-state index in [1.807, 2.05) is 6.92 Å². The van der Waals surface area contributed by atoms with E-state index in [0.717, 1.165) is 12.0 Å². The highest BCUT2D eigenvalue weighted by atomic mass is 19.1. The molecule has 5 heteroatoms. The molecule has 2 rings (SSSR count). The zero-order valence-corrected chi connectivity index (χ0v) is 12.5. The third kappa shape index (κ3) is 5.10. The molecular weight excluding hydrogens is 273 g/mol. The van der Waals surface area contributed by atoms with Crippen molar-refractivity contribution in [2.75, 3.05) is 19.8 Å². The van der Waals surface area contributed by atoms with Crippen LogP contribution in [-0.2, 0) is 20.7 Å². The summed E-state index contributed by atoms with van der Waals surface area (Å²) in [6.07, 6.45) is 1.00. The second-order valence-corrected chi connectivity index (χ2v) is 5.75. The third-order valence-electron chi connectivity index (χ3n) is 3.54. The van der Waals surface area contributed by atoms with E-state index in [-0.39, 0.29) is 24.1 Å². The maximum absolute atomic E-state index is 12.8. The number of hydrogen-bond acceptors (Lipinski definition) is 3. The molecule has 1 fully saturated rings. The van der Waals surface area contributed by atoms with Gasteiger partial charge in [0.2, 0.25) is 5.91 Å². The van der Waals surface area contributed by atoms with Gasteiger partial charge in [0.25, 0.3) is 0 Å². The van der Waals surface area contributed by atoms with E-state index < -0.39 is 5.79 Å². The van der Waals surface area contributed by atoms with Crippen molar-refractivity contribution in [3.8, 4) is 0 Å². The van der Waals surface area contributed by atoms with Gasteiger partial charge in [-0.15, -0.1) is 0 Å². The highest BCUT2D eigenvalue weighted by molar-refractivity contribution is 5.78. The maximum atomic E-state index is 12.8. The SMILES string of the molecule is CC(CNC(=O)Cc1ccc(F)cc1)CC1(C)OCCO1. The minimum Gasteiger partial charge on any atom is -0.356 e. The number of hydrogen-bond donors (Lipinski definition) is 1. The monoisotopic (exact) mass is 295 g/mol. The van der Waals surface area contributed by atoms with Crippen LogP contribution in [0.1, 0.15) is 25.8 Å². The van der Waals surface area contributed by atoms with Crippen LogP contribution in [0.15, 0.2) is 24.3 Å². The van der Waals surface area contributed by atoms with Crippen LogP contribution in [0.4, 0.5) is 4.39 Å². The van der Waals surface area contributed by atoms with Crippen LogP contribution >= 0.6 is 0 Å². The molecule has 0 aromatic heterocycles. The van der Waals surface area contributed by atoms with E-state index in [4.69, 9.17) is 9.47 Å². The Labute approximate surface area is 124 Å². The van der Waals surface area contributed by atoms with Gasteiger partial charge in [-0.2, -0.15) is 0 Å². The summed E-state index contributed by atoms with van der Waals surface area (Å²) in [5, 5.41) is 2.89. The minimum absolute atomic E-state index is 0.0631. The molecule has 0 radical (unpaired) electrons. The van der Waals surface area contributed by atoms with E-state index in [2.05, 4.69) is 12.2 Å². The number of ether oxygens (including phenoxy) is 2. The van der Waals surface area contributed by atoms with Crippen molar-refractivity contribution in [2.45, 2.75) is 32.5 Å². The van der Waals surface area contributed by atoms with Crippen molar-refractivity contribution in [3.05, 3.63) is 35.6 Å². The van der Waals surface area contributed by atoms with Crippen LogP contribution in [0.2, 0.25) is 0 Å². The van der Waals surface area contributed by atoms with Crippen molar-refractivity contribution in [1.82, 2.24) is 5.32 Å². The Kier molecular flexibility index (Phi) is 5.31. The predicted molar refractivity (Wildman–Crippen MR) is 77.2 cm³/mol. The lowest BCUT2D eigenvalue weighted by molar-refractivity contribution is -0.154. The summed E-state index contributed by atoms with van der Waals surface area (Å²) in [6.45, 7) is 5.80. The van der Waals surface area contributed by atoms with Crippen LogP contribution in [0.3, 0.4) is 0 Å². The first-order valence-corrected chi connectivity index (χ1v) is 7.26. The van der Waals surface area contributed by atoms with Gasteiger partial charge in [0.15, 0.2) is 5.79 Å². The summed E-state index contributed by atoms with van der Waals surface area (Å²) in [5.41, 5.74) is 0.802. The molecule has 0 spiro atoms. The number of amides is 1. The molecule has 0 bridgehead atoms. The van der Waals surface area contributed by atoms with Gasteiger partial charge in [-0.1, -0.05) is 19.1 Å². The fourth-order valence-corrected chi connectivity index (χ4v) is 2.52. The van der Waals surface area contributed by atoms with Crippen LogP contribution in [0.5, 0.6) is 0 Å². The second kappa shape index (κ2) is 7.00. The zero-order valence-electron chi connectivity index (χ0n) is 12.5. The molecule has 116 valence electrons. The standard InChI is InChI=1S/C16H22FNO3/c1-12(10-16(2)20-7-8-21-16)11-18-15(19)9-13-3-5-14(17)6-4-13/h3-6,12H,7-11H2,1-2H3,(H,18,19). The van der Waals surface area contributed by atoms with Crippen molar-refractivity contribution in [1.29, 1.82) is 0 Å². The van der Waals surface area contributed by atoms with E-state index in [1.165, 1.54) is 12.1 Å². The Balaban J connectivity index is 1.72. The molecule has 0 saturated carbocycles. The lowest BCUT2D eigenvalue weighted by atomic mass is 10.0. The predicted octanol–water partition coefficient (Wildman–Crippen LogP) is 2.27. The maximum Gasteiger partial charge on any atom is 0.224 e. The fourth-order valence-electron chi connectivity index (χ4n) is 2.52. The molecule has 1 unspecified atom stereocenters. The lowest BCUT2D eigenvalue weighted by Crippen LogP contribution is -2.35. The number of halogens is 1. The Bertz CT molecular complexity index is 469. The quantitative estimate of drug-likeness (QED) is 0.876. The highest BCUT2D eigenvalue weighted by Crippen LogP contribution is 2.26. The normalized spacial score (nSPS) is 18.4. The first kappa shape index (κ1) is 15.9. The van der Waals surface area contributed by atoms with Gasteiger partial charge in [-0.05, 0) is 30.5 Å². The summed E-state index contributed by atoms with van der Waals surface area (Å²) in [4.78, 5) is 11.9. The van der Waals surface area contributed by atoms with Gasteiger partial charge in [0.05, 0.1) is 19.6 Å². The van der Waals surface area contributed by atoms with E-state index in [0.29, 0.717) is 19.8 Å². The molecule has 4 nitrogen and oxygen atoms in total. The van der Waals surface area contributed by atoms with Gasteiger partial charge in [-0.3, -0.25) is 4.79 Å². The Morgan fingerprint density at radius 2 is 1.95 bits per heavy atom. The van der Waals surface area contributed by atoms with Crippen LogP contribution < -0.4 is 5.32 Å². The first-order chi connectivity index (χ1) is 9.97. The van der Waals surface area contributed by atoms with Gasteiger partial charge in [0.1, 0.15) is 5.82 Å². The summed E-state index contributed by atoms with van der Waals surface area (Å²) in [5.74, 6) is -0.629. The van der Waals surface area contributed by atoms with Gasteiger partial charge in [0, 0.05) is 13.0 Å². The molecule has 1 N–H and O–H groups in total. The van der Waals surface area contributed by atoms with Gasteiger partial charge < -0.3 is 14.8 Å². The second-order valence-electron chi connectivity index (χ2n) is 5.75. The van der Waals surface area contributed by atoms with Gasteiger partial charge >= 0.3 is 0 Å². The van der Waals surface area contributed by atoms with Crippen molar-refractivity contribution in [2.24, 2.45) is 5.92 Å². The van der Waals surface area contributed by atoms with Crippen LogP contribution in [0.25, 0.3) is 0 Å². The molecule has 1 aromatic rings. The van der Waals surface area contributed by atoms with Crippen LogP contribution in [0, 0.1) is 11.7 Å².